The maximum absolute atomic E-state index is 13.6. The lowest BCUT2D eigenvalue weighted by molar-refractivity contribution is -0.149. The molecule has 1 aliphatic heterocycles. The molecule has 3 N–H and O–H groups in total. The predicted molar refractivity (Wildman–Crippen MR) is 129 cm³/mol. The van der Waals surface area contributed by atoms with Gasteiger partial charge in [-0.25, -0.2) is 0 Å². The third-order valence-corrected chi connectivity index (χ3v) is 9.20. The van der Waals surface area contributed by atoms with Crippen molar-refractivity contribution in [3.8, 4) is 0 Å². The second-order valence-corrected chi connectivity index (χ2v) is 11.7. The Hall–Kier alpha value is -2.15. The molecule has 5 aliphatic rings. The molecule has 0 spiro atoms. The number of primary amides is 1. The van der Waals surface area contributed by atoms with Gasteiger partial charge in [0.05, 0.1) is 17.4 Å². The molecule has 2 unspecified atom stereocenters. The summed E-state index contributed by atoms with van der Waals surface area (Å²) < 4.78 is 0. The number of aromatic nitrogens is 1. The van der Waals surface area contributed by atoms with Crippen LogP contribution >= 0.6 is 0 Å². The minimum atomic E-state index is -0.572. The molecule has 1 aromatic heterocycles. The van der Waals surface area contributed by atoms with Gasteiger partial charge in [-0.1, -0.05) is 0 Å². The van der Waals surface area contributed by atoms with Gasteiger partial charge >= 0.3 is 0 Å². The number of carbonyl (C=O) groups is 2. The second-order valence-electron chi connectivity index (χ2n) is 11.7. The smallest absolute Gasteiger partial charge is 0.240 e. The monoisotopic (exact) mass is 453 g/mol. The van der Waals surface area contributed by atoms with Crippen molar-refractivity contribution in [3.63, 3.8) is 0 Å². The maximum atomic E-state index is 13.6. The first kappa shape index (κ1) is 22.6. The van der Waals surface area contributed by atoms with Crippen molar-refractivity contribution >= 4 is 17.5 Å². The van der Waals surface area contributed by atoms with Crippen LogP contribution in [0.5, 0.6) is 0 Å². The Kier molecular flexibility index (Phi) is 5.66. The van der Waals surface area contributed by atoms with Gasteiger partial charge < -0.3 is 16.0 Å². The SMILES string of the molecule is Cc1ccc(N2CCCN(C(C)(C)C(=O)NC3C4CC5CC3CC(C(N)=O)(C5)C4)CC2)cn1. The number of nitrogens with zero attached hydrogens (tertiary/aromatic N) is 3. The Labute approximate surface area is 197 Å². The number of nitrogens with one attached hydrogen (secondary N) is 1. The first-order valence-corrected chi connectivity index (χ1v) is 12.7. The fraction of sp³-hybridized carbons (Fsp3) is 0.731. The number of amides is 2. The highest BCUT2D eigenvalue weighted by atomic mass is 16.2. The zero-order chi connectivity index (χ0) is 23.4. The first-order chi connectivity index (χ1) is 15.7. The summed E-state index contributed by atoms with van der Waals surface area (Å²) in [6, 6.07) is 4.38. The van der Waals surface area contributed by atoms with Crippen molar-refractivity contribution in [2.45, 2.75) is 70.9 Å². The molecule has 7 heteroatoms. The number of aryl methyl sites for hydroxylation is 1. The minimum Gasteiger partial charge on any atom is -0.369 e. The molecule has 4 aliphatic carbocycles. The summed E-state index contributed by atoms with van der Waals surface area (Å²) in [7, 11) is 0. The van der Waals surface area contributed by atoms with Gasteiger partial charge in [0.25, 0.3) is 0 Å². The van der Waals surface area contributed by atoms with E-state index in [1.54, 1.807) is 0 Å². The van der Waals surface area contributed by atoms with E-state index in [0.29, 0.717) is 17.8 Å². The highest BCUT2D eigenvalue weighted by molar-refractivity contribution is 5.86. The number of carbonyl (C=O) groups excluding carboxylic acids is 2. The van der Waals surface area contributed by atoms with E-state index in [9.17, 15) is 9.59 Å². The average Bonchev–Trinajstić information content (AvgIpc) is 3.03. The van der Waals surface area contributed by atoms with Crippen molar-refractivity contribution in [2.24, 2.45) is 28.9 Å². The fourth-order valence-electron chi connectivity index (χ4n) is 7.42. The fourth-order valence-corrected chi connectivity index (χ4v) is 7.42. The van der Waals surface area contributed by atoms with Crippen molar-refractivity contribution in [2.75, 3.05) is 31.1 Å². The molecular formula is C26H39N5O2. The average molecular weight is 454 g/mol. The van der Waals surface area contributed by atoms with Crippen LogP contribution in [0, 0.1) is 30.1 Å². The predicted octanol–water partition coefficient (Wildman–Crippen LogP) is 2.48. The van der Waals surface area contributed by atoms with Crippen LogP contribution in [0.15, 0.2) is 18.3 Å². The lowest BCUT2D eigenvalue weighted by Crippen LogP contribution is -2.65. The van der Waals surface area contributed by atoms with Crippen molar-refractivity contribution in [3.05, 3.63) is 24.0 Å². The van der Waals surface area contributed by atoms with Gasteiger partial charge in [-0.3, -0.25) is 19.5 Å². The lowest BCUT2D eigenvalue weighted by atomic mass is 9.47. The summed E-state index contributed by atoms with van der Waals surface area (Å²) in [5.74, 6) is 1.38. The largest absolute Gasteiger partial charge is 0.369 e. The second kappa shape index (κ2) is 8.26. The molecule has 1 saturated heterocycles. The topological polar surface area (TPSA) is 91.6 Å². The first-order valence-electron chi connectivity index (χ1n) is 12.7. The summed E-state index contributed by atoms with van der Waals surface area (Å²) >= 11 is 0. The Balaban J connectivity index is 1.23. The van der Waals surface area contributed by atoms with E-state index >= 15 is 0 Å². The summed E-state index contributed by atoms with van der Waals surface area (Å²) in [6.45, 7) is 9.74. The maximum Gasteiger partial charge on any atom is 0.240 e. The van der Waals surface area contributed by atoms with E-state index in [1.165, 1.54) is 0 Å². The van der Waals surface area contributed by atoms with E-state index in [0.717, 1.165) is 76.1 Å². The third kappa shape index (κ3) is 4.02. The van der Waals surface area contributed by atoms with Gasteiger partial charge in [-0.05, 0) is 89.2 Å². The van der Waals surface area contributed by atoms with Crippen molar-refractivity contribution < 1.29 is 9.59 Å². The summed E-state index contributed by atoms with van der Waals surface area (Å²) in [6.07, 6.45) is 7.88. The van der Waals surface area contributed by atoms with Crippen LogP contribution < -0.4 is 16.0 Å². The normalized spacial score (nSPS) is 34.2. The van der Waals surface area contributed by atoms with E-state index < -0.39 is 5.54 Å². The van der Waals surface area contributed by atoms with Crippen molar-refractivity contribution in [1.29, 1.82) is 0 Å². The molecular weight excluding hydrogens is 414 g/mol. The van der Waals surface area contributed by atoms with Crippen LogP contribution in [-0.4, -0.2) is 59.5 Å². The van der Waals surface area contributed by atoms with Crippen LogP contribution in [0.1, 0.15) is 58.1 Å². The summed E-state index contributed by atoms with van der Waals surface area (Å²) in [5.41, 5.74) is 7.14. The molecule has 1 aromatic rings. The molecule has 33 heavy (non-hydrogen) atoms. The van der Waals surface area contributed by atoms with Crippen LogP contribution in [0.2, 0.25) is 0 Å². The molecule has 180 valence electrons. The van der Waals surface area contributed by atoms with Crippen LogP contribution in [0.4, 0.5) is 5.69 Å². The lowest BCUT2D eigenvalue weighted by Gasteiger charge is -2.59. The highest BCUT2D eigenvalue weighted by Crippen LogP contribution is 2.60. The quantitative estimate of drug-likeness (QED) is 0.715. The summed E-state index contributed by atoms with van der Waals surface area (Å²) in [4.78, 5) is 35.0. The molecule has 7 nitrogen and oxygen atoms in total. The van der Waals surface area contributed by atoms with Gasteiger partial charge in [0.15, 0.2) is 0 Å². The van der Waals surface area contributed by atoms with Crippen LogP contribution in [0.25, 0.3) is 0 Å². The van der Waals surface area contributed by atoms with E-state index in [4.69, 9.17) is 5.73 Å². The number of pyridine rings is 1. The number of hydrogen-bond donors (Lipinski definition) is 2. The zero-order valence-electron chi connectivity index (χ0n) is 20.3. The third-order valence-electron chi connectivity index (χ3n) is 9.20. The molecule has 4 bridgehead atoms. The van der Waals surface area contributed by atoms with Gasteiger partial charge in [0.2, 0.25) is 11.8 Å². The Bertz CT molecular complexity index is 898. The Morgan fingerprint density at radius 1 is 1.09 bits per heavy atom. The van der Waals surface area contributed by atoms with Crippen LogP contribution in [-0.2, 0) is 9.59 Å². The Morgan fingerprint density at radius 2 is 1.82 bits per heavy atom. The van der Waals surface area contributed by atoms with E-state index in [-0.39, 0.29) is 23.3 Å². The Morgan fingerprint density at radius 3 is 2.45 bits per heavy atom. The van der Waals surface area contributed by atoms with Gasteiger partial charge in [0.1, 0.15) is 0 Å². The molecule has 2 heterocycles. The van der Waals surface area contributed by atoms with E-state index in [1.807, 2.05) is 13.1 Å². The highest BCUT2D eigenvalue weighted by Gasteiger charge is 2.58. The van der Waals surface area contributed by atoms with Crippen LogP contribution in [0.3, 0.4) is 0 Å². The molecule has 6 rings (SSSR count). The standard InChI is InChI=1S/C26H39N5O2/c1-17-5-6-21(16-28-17)30-7-4-8-31(10-9-30)25(2,3)24(33)29-22-19-11-18-12-20(22)15-26(13-18,14-19)23(27)32/h5-6,16,18-20,22H,4,7-15H2,1-3H3,(H2,27,32)(H,29,33). The van der Waals surface area contributed by atoms with Crippen molar-refractivity contribution in [1.82, 2.24) is 15.2 Å². The van der Waals surface area contributed by atoms with Gasteiger partial charge in [0, 0.05) is 43.3 Å². The molecule has 2 amide bonds. The number of rotatable bonds is 5. The molecule has 4 saturated carbocycles. The molecule has 0 aromatic carbocycles. The number of nitrogens with two attached hydrogens (primary N) is 1. The number of hydrogen-bond acceptors (Lipinski definition) is 5. The molecule has 2 atom stereocenters. The summed E-state index contributed by atoms with van der Waals surface area (Å²) in [5, 5.41) is 3.47. The van der Waals surface area contributed by atoms with E-state index in [2.05, 4.69) is 46.1 Å². The number of anilines is 1. The zero-order valence-corrected chi connectivity index (χ0v) is 20.3. The van der Waals surface area contributed by atoms with Gasteiger partial charge in [-0.15, -0.1) is 0 Å². The van der Waals surface area contributed by atoms with Gasteiger partial charge in [-0.2, -0.15) is 0 Å². The molecule has 5 fully saturated rings. The molecule has 0 radical (unpaired) electrons. The minimum absolute atomic E-state index is 0.120.